The van der Waals surface area contributed by atoms with Crippen LogP contribution in [0.2, 0.25) is 5.02 Å². The quantitative estimate of drug-likeness (QED) is 0.352. The first-order valence-electron chi connectivity index (χ1n) is 9.80. The van der Waals surface area contributed by atoms with Gasteiger partial charge in [0.1, 0.15) is 5.82 Å². The number of carbonyl (C=O) groups excluding carboxylic acids is 1. The molecule has 0 fully saturated rings. The van der Waals surface area contributed by atoms with Gasteiger partial charge in [0.05, 0.1) is 23.9 Å². The minimum Gasteiger partial charge on any atom is -0.450 e. The molecule has 0 atom stereocenters. The number of benzene rings is 2. The van der Waals surface area contributed by atoms with E-state index in [1.54, 1.807) is 17.1 Å². The lowest BCUT2D eigenvalue weighted by atomic mass is 10.1. The first-order valence-corrected chi connectivity index (χ1v) is 10.2. The van der Waals surface area contributed by atoms with Crippen molar-refractivity contribution in [1.29, 1.82) is 0 Å². The molecule has 0 bridgehead atoms. The third-order valence-electron chi connectivity index (χ3n) is 4.69. The molecule has 8 heteroatoms. The van der Waals surface area contributed by atoms with Gasteiger partial charge in [-0.2, -0.15) is 5.10 Å². The van der Waals surface area contributed by atoms with Crippen molar-refractivity contribution in [2.45, 2.75) is 13.0 Å². The maximum atomic E-state index is 13.9. The maximum Gasteiger partial charge on any atom is 0.404 e. The number of halogens is 2. The SMILES string of the molecule is NC(=O)OCCCn1cc(-c2cnc3ccc(C#Cc4cc(Cl)ccc4F)cc3c2)cn1. The van der Waals surface area contributed by atoms with Crippen molar-refractivity contribution in [3.8, 4) is 23.0 Å². The van der Waals surface area contributed by atoms with Crippen molar-refractivity contribution in [2.24, 2.45) is 5.73 Å². The van der Waals surface area contributed by atoms with Crippen LogP contribution in [0.1, 0.15) is 17.5 Å². The Morgan fingerprint density at radius 2 is 2.00 bits per heavy atom. The summed E-state index contributed by atoms with van der Waals surface area (Å²) in [7, 11) is 0. The third kappa shape index (κ3) is 5.23. The van der Waals surface area contributed by atoms with Crippen molar-refractivity contribution >= 4 is 28.6 Å². The van der Waals surface area contributed by atoms with Crippen LogP contribution >= 0.6 is 11.6 Å². The summed E-state index contributed by atoms with van der Waals surface area (Å²) >= 11 is 5.93. The summed E-state index contributed by atoms with van der Waals surface area (Å²) in [5, 5.41) is 5.67. The van der Waals surface area contributed by atoms with E-state index in [2.05, 4.69) is 21.9 Å². The van der Waals surface area contributed by atoms with Crippen LogP contribution in [-0.2, 0) is 11.3 Å². The number of primary amides is 1. The molecule has 2 heterocycles. The molecule has 0 aliphatic carbocycles. The normalized spacial score (nSPS) is 10.6. The molecule has 4 aromatic rings. The molecule has 0 aliphatic heterocycles. The van der Waals surface area contributed by atoms with E-state index in [9.17, 15) is 9.18 Å². The predicted molar refractivity (Wildman–Crippen MR) is 121 cm³/mol. The summed E-state index contributed by atoms with van der Waals surface area (Å²) in [6.07, 6.45) is 5.26. The molecular weight excluding hydrogens is 431 g/mol. The number of hydrogen-bond donors (Lipinski definition) is 1. The Hall–Kier alpha value is -3.89. The van der Waals surface area contributed by atoms with Gasteiger partial charge >= 0.3 is 6.09 Å². The van der Waals surface area contributed by atoms with E-state index in [4.69, 9.17) is 22.1 Å². The van der Waals surface area contributed by atoms with E-state index in [0.717, 1.165) is 27.6 Å². The molecule has 2 aromatic carbocycles. The Labute approximate surface area is 188 Å². The predicted octanol–water partition coefficient (Wildman–Crippen LogP) is 4.78. The number of rotatable bonds is 5. The number of pyridine rings is 1. The Kier molecular flexibility index (Phi) is 6.34. The van der Waals surface area contributed by atoms with Gasteiger partial charge in [-0.25, -0.2) is 9.18 Å². The van der Waals surface area contributed by atoms with Gasteiger partial charge in [-0.3, -0.25) is 9.67 Å². The number of amides is 1. The lowest BCUT2D eigenvalue weighted by molar-refractivity contribution is 0.153. The molecule has 32 heavy (non-hydrogen) atoms. The highest BCUT2D eigenvalue weighted by molar-refractivity contribution is 6.30. The second-order valence-corrected chi connectivity index (χ2v) is 7.46. The summed E-state index contributed by atoms with van der Waals surface area (Å²) in [5.74, 6) is 5.40. The van der Waals surface area contributed by atoms with Crippen LogP contribution in [0.15, 0.2) is 61.1 Å². The topological polar surface area (TPSA) is 83.0 Å². The van der Waals surface area contributed by atoms with Gasteiger partial charge in [-0.05, 0) is 42.5 Å². The molecule has 0 saturated carbocycles. The molecule has 2 N–H and O–H groups in total. The fourth-order valence-corrected chi connectivity index (χ4v) is 3.31. The van der Waals surface area contributed by atoms with Crippen molar-refractivity contribution in [3.05, 3.63) is 83.0 Å². The van der Waals surface area contributed by atoms with Crippen molar-refractivity contribution in [3.63, 3.8) is 0 Å². The van der Waals surface area contributed by atoms with Crippen LogP contribution in [0, 0.1) is 17.7 Å². The van der Waals surface area contributed by atoms with Gasteiger partial charge in [0.2, 0.25) is 0 Å². The van der Waals surface area contributed by atoms with E-state index in [-0.39, 0.29) is 12.2 Å². The van der Waals surface area contributed by atoms with Crippen molar-refractivity contribution in [1.82, 2.24) is 14.8 Å². The molecule has 6 nitrogen and oxygen atoms in total. The zero-order valence-electron chi connectivity index (χ0n) is 16.9. The average Bonchev–Trinajstić information content (AvgIpc) is 3.25. The molecule has 160 valence electrons. The molecule has 0 radical (unpaired) electrons. The molecule has 4 rings (SSSR count). The van der Waals surface area contributed by atoms with Crippen molar-refractivity contribution in [2.75, 3.05) is 6.61 Å². The summed E-state index contributed by atoms with van der Waals surface area (Å²) in [6, 6.07) is 11.9. The second-order valence-electron chi connectivity index (χ2n) is 7.02. The molecule has 0 spiro atoms. The zero-order chi connectivity index (χ0) is 22.5. The minimum atomic E-state index is -0.782. The summed E-state index contributed by atoms with van der Waals surface area (Å²) in [5.41, 5.74) is 8.57. The Morgan fingerprint density at radius 3 is 2.84 bits per heavy atom. The highest BCUT2D eigenvalue weighted by Crippen LogP contribution is 2.23. The number of carbonyl (C=O) groups is 1. The highest BCUT2D eigenvalue weighted by atomic mass is 35.5. The number of aryl methyl sites for hydroxylation is 1. The van der Waals surface area contributed by atoms with E-state index in [0.29, 0.717) is 18.0 Å². The molecular formula is C24H18ClFN4O2. The van der Waals surface area contributed by atoms with Crippen LogP contribution in [-0.4, -0.2) is 27.5 Å². The van der Waals surface area contributed by atoms with Crippen molar-refractivity contribution < 1.29 is 13.9 Å². The highest BCUT2D eigenvalue weighted by Gasteiger charge is 2.06. The third-order valence-corrected chi connectivity index (χ3v) is 4.93. The minimum absolute atomic E-state index is 0.241. The van der Waals surface area contributed by atoms with Gasteiger partial charge in [-0.15, -0.1) is 0 Å². The fraction of sp³-hybridized carbons (Fsp3) is 0.125. The first-order chi connectivity index (χ1) is 15.5. The Bertz CT molecular complexity index is 1360. The second kappa shape index (κ2) is 9.50. The van der Waals surface area contributed by atoms with Crippen LogP contribution in [0.25, 0.3) is 22.0 Å². The van der Waals surface area contributed by atoms with Gasteiger partial charge in [0.15, 0.2) is 0 Å². The lowest BCUT2D eigenvalue weighted by Gasteiger charge is -2.03. The fourth-order valence-electron chi connectivity index (χ4n) is 3.13. The van der Waals surface area contributed by atoms with E-state index >= 15 is 0 Å². The number of ether oxygens (including phenoxy) is 1. The molecule has 0 saturated heterocycles. The Morgan fingerprint density at radius 1 is 1.12 bits per heavy atom. The lowest BCUT2D eigenvalue weighted by Crippen LogP contribution is -2.14. The van der Waals surface area contributed by atoms with Crippen LogP contribution in [0.5, 0.6) is 0 Å². The molecule has 0 unspecified atom stereocenters. The average molecular weight is 449 g/mol. The standard InChI is InChI=1S/C24H18ClFN4O2/c25-21-5-6-22(26)17(12-21)4-2-16-3-7-23-18(10-16)11-19(13-28-23)20-14-29-30(15-20)8-1-9-32-24(27)31/h3,5-7,10-15H,1,8-9H2,(H2,27,31). The Balaban J connectivity index is 1.54. The smallest absolute Gasteiger partial charge is 0.404 e. The molecule has 1 amide bonds. The molecule has 2 aromatic heterocycles. The van der Waals surface area contributed by atoms with Gasteiger partial charge < -0.3 is 10.5 Å². The van der Waals surface area contributed by atoms with Crippen LogP contribution < -0.4 is 5.73 Å². The van der Waals surface area contributed by atoms with E-state index < -0.39 is 11.9 Å². The maximum absolute atomic E-state index is 13.9. The first kappa shape index (κ1) is 21.3. The molecule has 0 aliphatic rings. The summed E-state index contributed by atoms with van der Waals surface area (Å²) in [6.45, 7) is 0.832. The van der Waals surface area contributed by atoms with Gasteiger partial charge in [-0.1, -0.05) is 23.4 Å². The van der Waals surface area contributed by atoms with E-state index in [1.807, 2.05) is 30.5 Å². The van der Waals surface area contributed by atoms with Crippen LogP contribution in [0.4, 0.5) is 9.18 Å². The number of fused-ring (bicyclic) bond motifs is 1. The van der Waals surface area contributed by atoms with E-state index in [1.165, 1.54) is 18.2 Å². The monoisotopic (exact) mass is 448 g/mol. The number of nitrogens with zero attached hydrogens (tertiary/aromatic N) is 3. The number of aromatic nitrogens is 3. The van der Waals surface area contributed by atoms with Crippen LogP contribution in [0.3, 0.4) is 0 Å². The van der Waals surface area contributed by atoms with Gasteiger partial charge in [0.25, 0.3) is 0 Å². The zero-order valence-corrected chi connectivity index (χ0v) is 17.6. The largest absolute Gasteiger partial charge is 0.450 e. The number of hydrogen-bond acceptors (Lipinski definition) is 4. The van der Waals surface area contributed by atoms with Gasteiger partial charge in [0, 0.05) is 52.5 Å². The summed E-state index contributed by atoms with van der Waals surface area (Å²) in [4.78, 5) is 15.1. The summed E-state index contributed by atoms with van der Waals surface area (Å²) < 4.78 is 20.4. The number of nitrogens with two attached hydrogens (primary N) is 1.